The van der Waals surface area contributed by atoms with Crippen LogP contribution in [0, 0.1) is 0 Å². The molecule has 1 aromatic heterocycles. The summed E-state index contributed by atoms with van der Waals surface area (Å²) < 4.78 is 0.988. The molecule has 3 nitrogen and oxygen atoms in total. The first-order chi connectivity index (χ1) is 7.96. The van der Waals surface area contributed by atoms with E-state index >= 15 is 0 Å². The summed E-state index contributed by atoms with van der Waals surface area (Å²) in [6.45, 7) is 3.92. The summed E-state index contributed by atoms with van der Waals surface area (Å²) >= 11 is 4.84. The molecule has 0 saturated carbocycles. The van der Waals surface area contributed by atoms with Gasteiger partial charge in [-0.15, -0.1) is 11.3 Å². The molecule has 94 valence electrons. The normalized spacial score (nSPS) is 20.4. The van der Waals surface area contributed by atoms with E-state index in [-0.39, 0.29) is 5.78 Å². The van der Waals surface area contributed by atoms with Crippen LogP contribution in [0.3, 0.4) is 0 Å². The number of thiophene rings is 1. The van der Waals surface area contributed by atoms with Crippen LogP contribution in [-0.2, 0) is 0 Å². The number of hydrogen-bond acceptors (Lipinski definition) is 4. The van der Waals surface area contributed by atoms with Crippen LogP contribution in [0.2, 0.25) is 0 Å². The summed E-state index contributed by atoms with van der Waals surface area (Å²) in [5, 5.41) is 9.83. The van der Waals surface area contributed by atoms with Crippen LogP contribution in [0.1, 0.15) is 29.4 Å². The molecule has 0 aliphatic carbocycles. The molecule has 1 aliphatic heterocycles. The van der Waals surface area contributed by atoms with Gasteiger partial charge in [0, 0.05) is 13.1 Å². The van der Waals surface area contributed by atoms with Gasteiger partial charge in [0.2, 0.25) is 0 Å². The summed E-state index contributed by atoms with van der Waals surface area (Å²) in [6, 6.07) is 3.76. The molecule has 0 aromatic carbocycles. The highest BCUT2D eigenvalue weighted by Gasteiger charge is 2.28. The minimum absolute atomic E-state index is 0.169. The monoisotopic (exact) mass is 317 g/mol. The molecule has 2 rings (SSSR count). The summed E-state index contributed by atoms with van der Waals surface area (Å²) in [5.41, 5.74) is -0.550. The van der Waals surface area contributed by atoms with Crippen LogP contribution < -0.4 is 0 Å². The largest absolute Gasteiger partial charge is 0.390 e. The molecular formula is C12H16BrNO2S. The van der Waals surface area contributed by atoms with Crippen LogP contribution in [0.4, 0.5) is 0 Å². The average molecular weight is 318 g/mol. The number of ketones is 1. The lowest BCUT2D eigenvalue weighted by molar-refractivity contribution is -0.00417. The molecule has 0 radical (unpaired) electrons. The van der Waals surface area contributed by atoms with Crippen molar-refractivity contribution in [2.75, 3.05) is 19.6 Å². The molecule has 1 fully saturated rings. The van der Waals surface area contributed by atoms with Crippen LogP contribution in [0.15, 0.2) is 15.9 Å². The second-order valence-corrected chi connectivity index (χ2v) is 7.26. The fourth-order valence-electron chi connectivity index (χ4n) is 1.94. The highest BCUT2D eigenvalue weighted by molar-refractivity contribution is 9.11. The number of nitrogens with zero attached hydrogens (tertiary/aromatic N) is 1. The van der Waals surface area contributed by atoms with Gasteiger partial charge in [0.1, 0.15) is 0 Å². The third-order valence-corrected chi connectivity index (χ3v) is 4.81. The quantitative estimate of drug-likeness (QED) is 0.871. The fraction of sp³-hybridized carbons (Fsp3) is 0.583. The predicted molar refractivity (Wildman–Crippen MR) is 72.6 cm³/mol. The molecule has 1 saturated heterocycles. The number of aliphatic hydroxyl groups is 1. The molecule has 0 amide bonds. The van der Waals surface area contributed by atoms with Crippen molar-refractivity contribution in [3.8, 4) is 0 Å². The van der Waals surface area contributed by atoms with E-state index in [0.29, 0.717) is 6.54 Å². The van der Waals surface area contributed by atoms with Gasteiger partial charge in [-0.1, -0.05) is 0 Å². The first kappa shape index (κ1) is 13.2. The van der Waals surface area contributed by atoms with Crippen molar-refractivity contribution in [3.63, 3.8) is 0 Å². The first-order valence-corrected chi connectivity index (χ1v) is 7.30. The minimum atomic E-state index is -0.550. The van der Waals surface area contributed by atoms with Gasteiger partial charge in [-0.3, -0.25) is 9.69 Å². The van der Waals surface area contributed by atoms with Crippen molar-refractivity contribution in [2.24, 2.45) is 0 Å². The van der Waals surface area contributed by atoms with Crippen molar-refractivity contribution < 1.29 is 9.90 Å². The molecule has 1 N–H and O–H groups in total. The van der Waals surface area contributed by atoms with Gasteiger partial charge < -0.3 is 5.11 Å². The predicted octanol–water partition coefficient (Wildman–Crippen LogP) is 2.54. The molecule has 0 spiro atoms. The maximum atomic E-state index is 12.0. The standard InChI is InChI=1S/C12H16BrNO2S/c1-12(16)4-6-14(7-5-12)8-9(15)10-2-3-11(13)17-10/h2-3,16H,4-8H2,1H3. The molecule has 1 aliphatic rings. The maximum absolute atomic E-state index is 12.0. The molecule has 0 unspecified atom stereocenters. The first-order valence-electron chi connectivity index (χ1n) is 5.69. The van der Waals surface area contributed by atoms with Crippen LogP contribution in [0.25, 0.3) is 0 Å². The Morgan fingerprint density at radius 1 is 1.53 bits per heavy atom. The Morgan fingerprint density at radius 2 is 2.18 bits per heavy atom. The number of hydrogen-bond donors (Lipinski definition) is 1. The number of likely N-dealkylation sites (tertiary alicyclic amines) is 1. The Labute approximate surface area is 114 Å². The van der Waals surface area contributed by atoms with Crippen LogP contribution in [-0.4, -0.2) is 41.0 Å². The molecular weight excluding hydrogens is 302 g/mol. The SMILES string of the molecule is CC1(O)CCN(CC(=O)c2ccc(Br)s2)CC1. The Bertz CT molecular complexity index is 406. The molecule has 5 heteroatoms. The number of carbonyl (C=O) groups excluding carboxylic acids is 1. The lowest BCUT2D eigenvalue weighted by Crippen LogP contribution is -2.44. The highest BCUT2D eigenvalue weighted by atomic mass is 79.9. The molecule has 0 bridgehead atoms. The smallest absolute Gasteiger partial charge is 0.186 e. The van der Waals surface area contributed by atoms with E-state index in [4.69, 9.17) is 0 Å². The van der Waals surface area contributed by atoms with Gasteiger partial charge in [-0.2, -0.15) is 0 Å². The highest BCUT2D eigenvalue weighted by Crippen LogP contribution is 2.24. The Morgan fingerprint density at radius 3 is 2.71 bits per heavy atom. The number of carbonyl (C=O) groups is 1. The summed E-state index contributed by atoms with van der Waals surface area (Å²) in [7, 11) is 0. The molecule has 2 heterocycles. The summed E-state index contributed by atoms with van der Waals surface area (Å²) in [5.74, 6) is 0.169. The van der Waals surface area contributed by atoms with Crippen molar-refractivity contribution in [3.05, 3.63) is 20.8 Å². The zero-order valence-electron chi connectivity index (χ0n) is 9.78. The van der Waals surface area contributed by atoms with Gasteiger partial charge in [0.05, 0.1) is 20.8 Å². The zero-order chi connectivity index (χ0) is 12.5. The van der Waals surface area contributed by atoms with Crippen LogP contribution >= 0.6 is 27.3 Å². The Balaban J connectivity index is 1.88. The second kappa shape index (κ2) is 5.18. The summed E-state index contributed by atoms with van der Waals surface area (Å²) in [6.07, 6.45) is 1.49. The zero-order valence-corrected chi connectivity index (χ0v) is 12.2. The molecule has 1 aromatic rings. The number of piperidine rings is 1. The van der Waals surface area contributed by atoms with Gasteiger partial charge in [-0.25, -0.2) is 0 Å². The van der Waals surface area contributed by atoms with Crippen molar-refractivity contribution in [1.29, 1.82) is 0 Å². The van der Waals surface area contributed by atoms with E-state index in [0.717, 1.165) is 34.6 Å². The van der Waals surface area contributed by atoms with Crippen molar-refractivity contribution >= 4 is 33.0 Å². The van der Waals surface area contributed by atoms with Crippen LogP contribution in [0.5, 0.6) is 0 Å². The summed E-state index contributed by atoms with van der Waals surface area (Å²) in [4.78, 5) is 14.9. The Hall–Kier alpha value is -0.230. The topological polar surface area (TPSA) is 40.5 Å². The van der Waals surface area contributed by atoms with E-state index in [1.165, 1.54) is 11.3 Å². The third kappa shape index (κ3) is 3.61. The lowest BCUT2D eigenvalue weighted by atomic mass is 9.94. The lowest BCUT2D eigenvalue weighted by Gasteiger charge is -2.35. The van der Waals surface area contributed by atoms with E-state index in [1.807, 2.05) is 19.1 Å². The molecule has 17 heavy (non-hydrogen) atoms. The maximum Gasteiger partial charge on any atom is 0.186 e. The van der Waals surface area contributed by atoms with Crippen molar-refractivity contribution in [1.82, 2.24) is 4.90 Å². The average Bonchev–Trinajstić information content (AvgIpc) is 2.68. The van der Waals surface area contributed by atoms with Gasteiger partial charge in [0.15, 0.2) is 5.78 Å². The Kier molecular flexibility index (Phi) is 4.02. The number of rotatable bonds is 3. The van der Waals surface area contributed by atoms with E-state index in [1.54, 1.807) is 0 Å². The van der Waals surface area contributed by atoms with Gasteiger partial charge in [-0.05, 0) is 47.8 Å². The number of Topliss-reactive ketones (excluding diaryl/α,β-unsaturated/α-hetero) is 1. The molecule has 0 atom stereocenters. The van der Waals surface area contributed by atoms with E-state index < -0.39 is 5.60 Å². The fourth-order valence-corrected chi connectivity index (χ4v) is 3.25. The second-order valence-electron chi connectivity index (χ2n) is 4.80. The number of halogens is 1. The van der Waals surface area contributed by atoms with Gasteiger partial charge in [0.25, 0.3) is 0 Å². The third-order valence-electron chi connectivity index (χ3n) is 3.15. The van der Waals surface area contributed by atoms with Gasteiger partial charge >= 0.3 is 0 Å². The van der Waals surface area contributed by atoms with E-state index in [9.17, 15) is 9.90 Å². The minimum Gasteiger partial charge on any atom is -0.390 e. The van der Waals surface area contributed by atoms with E-state index in [2.05, 4.69) is 20.8 Å². The van der Waals surface area contributed by atoms with Crippen molar-refractivity contribution in [2.45, 2.75) is 25.4 Å².